The second-order valence-electron chi connectivity index (χ2n) is 3.18. The fourth-order valence-electron chi connectivity index (χ4n) is 1.30. The third-order valence-electron chi connectivity index (χ3n) is 2.40. The Labute approximate surface area is 83.6 Å². The first-order valence-corrected chi connectivity index (χ1v) is 5.96. The van der Waals surface area contributed by atoms with E-state index in [0.717, 1.165) is 6.08 Å². The fraction of sp³-hybridized carbons (Fsp3) is 0.625. The normalized spacial score (nSPS) is 28.1. The topological polar surface area (TPSA) is 60.4 Å². The van der Waals surface area contributed by atoms with E-state index in [2.05, 4.69) is 6.58 Å². The SMILES string of the molecule is C=CC(=O)OCC[N+]1(CC)CS1(=O)=O. The van der Waals surface area contributed by atoms with Crippen LogP contribution in [0.25, 0.3) is 0 Å². The molecule has 1 saturated heterocycles. The number of hydrogen-bond acceptors (Lipinski definition) is 4. The van der Waals surface area contributed by atoms with Gasteiger partial charge in [-0.15, -0.1) is 0 Å². The number of carbonyl (C=O) groups is 1. The molecule has 1 aliphatic rings. The second kappa shape index (κ2) is 3.70. The molecule has 1 heterocycles. The zero-order valence-electron chi connectivity index (χ0n) is 8.10. The average Bonchev–Trinajstić information content (AvgIpc) is 2.69. The van der Waals surface area contributed by atoms with Crippen LogP contribution in [0.2, 0.25) is 0 Å². The molecule has 1 unspecified atom stereocenters. The summed E-state index contributed by atoms with van der Waals surface area (Å²) < 4.78 is 27.1. The van der Waals surface area contributed by atoms with Crippen molar-refractivity contribution in [1.29, 1.82) is 0 Å². The van der Waals surface area contributed by atoms with Crippen molar-refractivity contribution in [1.82, 2.24) is 0 Å². The number of hydrogen-bond donors (Lipinski definition) is 0. The van der Waals surface area contributed by atoms with Gasteiger partial charge in [0.05, 0.1) is 6.54 Å². The van der Waals surface area contributed by atoms with Gasteiger partial charge in [0.2, 0.25) is 5.88 Å². The van der Waals surface area contributed by atoms with Crippen LogP contribution >= 0.6 is 0 Å². The minimum Gasteiger partial charge on any atom is -0.456 e. The molecule has 0 aromatic carbocycles. The van der Waals surface area contributed by atoms with Crippen LogP contribution in [0.4, 0.5) is 0 Å². The molecule has 0 aromatic heterocycles. The van der Waals surface area contributed by atoms with Crippen LogP contribution < -0.4 is 0 Å². The summed E-state index contributed by atoms with van der Waals surface area (Å²) in [6, 6.07) is 0. The summed E-state index contributed by atoms with van der Waals surface area (Å²) in [4.78, 5) is 10.7. The lowest BCUT2D eigenvalue weighted by atomic mass is 10.5. The van der Waals surface area contributed by atoms with Gasteiger partial charge in [-0.05, 0) is 6.92 Å². The Kier molecular flexibility index (Phi) is 2.96. The Balaban J connectivity index is 2.39. The van der Waals surface area contributed by atoms with E-state index in [-0.39, 0.29) is 16.4 Å². The summed E-state index contributed by atoms with van der Waals surface area (Å²) in [6.07, 6.45) is 1.06. The molecule has 0 radical (unpaired) electrons. The Morgan fingerprint density at radius 1 is 1.64 bits per heavy atom. The number of esters is 1. The standard InChI is InChI=1S/C8H14NO4S/c1-3-8(10)13-6-5-9(4-2)7-14(9,11)12/h3H,1,4-7H2,2H3/q+1. The Morgan fingerprint density at radius 2 is 2.21 bits per heavy atom. The van der Waals surface area contributed by atoms with Gasteiger partial charge in [-0.1, -0.05) is 6.58 Å². The highest BCUT2D eigenvalue weighted by atomic mass is 32.2. The van der Waals surface area contributed by atoms with Crippen molar-refractivity contribution in [3.63, 3.8) is 0 Å². The Bertz CT molecular complexity index is 348. The Hall–Kier alpha value is -0.880. The van der Waals surface area contributed by atoms with Gasteiger partial charge in [0.15, 0.2) is 0 Å². The van der Waals surface area contributed by atoms with Crippen molar-refractivity contribution in [3.8, 4) is 0 Å². The molecule has 1 rings (SSSR count). The van der Waals surface area contributed by atoms with Crippen LogP contribution in [0.1, 0.15) is 6.92 Å². The quantitative estimate of drug-likeness (QED) is 0.280. The molecule has 80 valence electrons. The zero-order valence-corrected chi connectivity index (χ0v) is 8.92. The minimum absolute atomic E-state index is 0.0391. The van der Waals surface area contributed by atoms with Crippen LogP contribution in [0.5, 0.6) is 0 Å². The first-order chi connectivity index (χ1) is 6.47. The van der Waals surface area contributed by atoms with Crippen molar-refractivity contribution in [2.45, 2.75) is 6.92 Å². The highest BCUT2D eigenvalue weighted by Gasteiger charge is 2.60. The van der Waals surface area contributed by atoms with Crippen LogP contribution in [-0.2, 0) is 19.6 Å². The lowest BCUT2D eigenvalue weighted by Crippen LogP contribution is -2.31. The highest BCUT2D eigenvalue weighted by molar-refractivity contribution is 7.90. The van der Waals surface area contributed by atoms with Gasteiger partial charge in [0.1, 0.15) is 13.2 Å². The van der Waals surface area contributed by atoms with Crippen molar-refractivity contribution in [2.24, 2.45) is 0 Å². The zero-order chi connectivity index (χ0) is 10.8. The predicted octanol–water partition coefficient (Wildman–Crippen LogP) is -0.147. The van der Waals surface area contributed by atoms with Crippen LogP contribution in [0.3, 0.4) is 0 Å². The largest absolute Gasteiger partial charge is 0.456 e. The van der Waals surface area contributed by atoms with Crippen molar-refractivity contribution >= 4 is 16.0 Å². The summed E-state index contributed by atoms with van der Waals surface area (Å²) in [5, 5.41) is 0. The van der Waals surface area contributed by atoms with Gasteiger partial charge >= 0.3 is 16.0 Å². The Morgan fingerprint density at radius 3 is 2.57 bits per heavy atom. The number of carbonyl (C=O) groups excluding carboxylic acids is 1. The van der Waals surface area contributed by atoms with Crippen molar-refractivity contribution < 1.29 is 21.8 Å². The van der Waals surface area contributed by atoms with E-state index in [0.29, 0.717) is 13.1 Å². The van der Waals surface area contributed by atoms with E-state index in [1.807, 2.05) is 0 Å². The van der Waals surface area contributed by atoms with Crippen molar-refractivity contribution in [3.05, 3.63) is 12.7 Å². The predicted molar refractivity (Wildman–Crippen MR) is 50.6 cm³/mol. The number of sulfonamides is 1. The van der Waals surface area contributed by atoms with Gasteiger partial charge in [0.25, 0.3) is 0 Å². The molecule has 1 aliphatic heterocycles. The summed E-state index contributed by atoms with van der Waals surface area (Å²) in [5.74, 6) is -0.353. The van der Waals surface area contributed by atoms with Gasteiger partial charge in [-0.25, -0.2) is 4.79 Å². The third kappa shape index (κ3) is 1.96. The fourth-order valence-corrected chi connectivity index (χ4v) is 3.16. The molecular formula is C8H14NO4S+. The van der Waals surface area contributed by atoms with E-state index in [1.165, 1.54) is 0 Å². The second-order valence-corrected chi connectivity index (χ2v) is 5.38. The minimum atomic E-state index is -2.95. The summed E-state index contributed by atoms with van der Waals surface area (Å²) in [7, 11) is -2.95. The molecular weight excluding hydrogens is 206 g/mol. The summed E-state index contributed by atoms with van der Waals surface area (Å²) in [5.41, 5.74) is 0. The van der Waals surface area contributed by atoms with E-state index in [4.69, 9.17) is 4.74 Å². The summed E-state index contributed by atoms with van der Waals surface area (Å²) in [6.45, 7) is 6.02. The molecule has 0 N–H and O–H groups in total. The molecule has 0 bridgehead atoms. The molecule has 0 aliphatic carbocycles. The maximum Gasteiger partial charge on any atom is 0.350 e. The molecule has 0 amide bonds. The number of likely N-dealkylation sites (N-methyl/N-ethyl adjacent to an activating group) is 1. The average molecular weight is 220 g/mol. The van der Waals surface area contributed by atoms with Crippen molar-refractivity contribution in [2.75, 3.05) is 25.6 Å². The van der Waals surface area contributed by atoms with Gasteiger partial charge in [-0.2, -0.15) is 12.3 Å². The molecule has 5 nitrogen and oxygen atoms in total. The van der Waals surface area contributed by atoms with Gasteiger partial charge in [-0.3, -0.25) is 0 Å². The molecule has 6 heteroatoms. The number of ether oxygens (including phenoxy) is 1. The van der Waals surface area contributed by atoms with Gasteiger partial charge in [0, 0.05) is 6.08 Å². The first-order valence-electron chi connectivity index (χ1n) is 4.35. The molecule has 1 atom stereocenters. The number of quaternary nitrogens is 1. The number of rotatable bonds is 5. The van der Waals surface area contributed by atoms with E-state index >= 15 is 0 Å². The monoisotopic (exact) mass is 220 g/mol. The summed E-state index contributed by atoms with van der Waals surface area (Å²) >= 11 is 0. The number of nitrogens with zero attached hydrogens (tertiary/aromatic N) is 1. The maximum atomic E-state index is 11.2. The third-order valence-corrected chi connectivity index (χ3v) is 4.67. The van der Waals surface area contributed by atoms with Gasteiger partial charge < -0.3 is 4.74 Å². The lowest BCUT2D eigenvalue weighted by Gasteiger charge is -2.10. The molecule has 1 fully saturated rings. The van der Waals surface area contributed by atoms with E-state index in [9.17, 15) is 13.2 Å². The van der Waals surface area contributed by atoms with Crippen LogP contribution in [0, 0.1) is 0 Å². The lowest BCUT2D eigenvalue weighted by molar-refractivity contribution is -0.731. The maximum absolute atomic E-state index is 11.2. The smallest absolute Gasteiger partial charge is 0.350 e. The van der Waals surface area contributed by atoms with Crippen LogP contribution in [0.15, 0.2) is 12.7 Å². The van der Waals surface area contributed by atoms with E-state index in [1.54, 1.807) is 6.92 Å². The first kappa shape index (κ1) is 11.2. The molecule has 14 heavy (non-hydrogen) atoms. The molecule has 0 saturated carbocycles. The van der Waals surface area contributed by atoms with E-state index < -0.39 is 16.0 Å². The molecule has 0 aromatic rings. The highest BCUT2D eigenvalue weighted by Crippen LogP contribution is 2.32. The molecule has 0 spiro atoms. The van der Waals surface area contributed by atoms with Crippen LogP contribution in [-0.4, -0.2) is 43.8 Å².